The van der Waals surface area contributed by atoms with Crippen LogP contribution >= 0.6 is 0 Å². The number of pyridine rings is 1. The maximum Gasteiger partial charge on any atom is 0.188 e. The van der Waals surface area contributed by atoms with E-state index in [2.05, 4.69) is 4.98 Å². The van der Waals surface area contributed by atoms with Crippen LogP contribution in [0.25, 0.3) is 10.9 Å². The lowest BCUT2D eigenvalue weighted by atomic mass is 9.87. The van der Waals surface area contributed by atoms with E-state index in [9.17, 15) is 18.8 Å². The highest BCUT2D eigenvalue weighted by Crippen LogP contribution is 2.49. The van der Waals surface area contributed by atoms with Crippen LogP contribution in [-0.4, -0.2) is 47.3 Å². The standard InChI is InChI=1S/C32H26F3NO6/c33-22-4-1-19(2-5-22)13-30(39)32(8-9-32)31(40)16-21-14-25(35)29(17-24(21)34)42-28-7-10-36-26-15-20(3-6-23(26)28)27(38)18-41-12-11-37/h1-7,10,14-15,17,37H,8-9,11-13,16,18H2. The highest BCUT2D eigenvalue weighted by molar-refractivity contribution is 6.11. The van der Waals surface area contributed by atoms with Crippen molar-refractivity contribution in [2.75, 3.05) is 19.8 Å². The van der Waals surface area contributed by atoms with Crippen molar-refractivity contribution in [1.29, 1.82) is 0 Å². The minimum absolute atomic E-state index is 0.0289. The van der Waals surface area contributed by atoms with Gasteiger partial charge in [-0.2, -0.15) is 0 Å². The number of ketones is 3. The topological polar surface area (TPSA) is 103 Å². The first-order valence-corrected chi connectivity index (χ1v) is 13.3. The molecule has 1 aliphatic carbocycles. The molecule has 10 heteroatoms. The summed E-state index contributed by atoms with van der Waals surface area (Å²) in [5, 5.41) is 9.24. The molecule has 0 amide bonds. The molecule has 1 heterocycles. The summed E-state index contributed by atoms with van der Waals surface area (Å²) in [5.74, 6) is -3.59. The number of aliphatic hydroxyl groups excluding tert-OH is 1. The molecule has 42 heavy (non-hydrogen) atoms. The Kier molecular flexibility index (Phi) is 8.46. The van der Waals surface area contributed by atoms with Gasteiger partial charge in [-0.15, -0.1) is 0 Å². The molecule has 216 valence electrons. The largest absolute Gasteiger partial charge is 0.453 e. The third-order valence-corrected chi connectivity index (χ3v) is 7.26. The molecule has 0 atom stereocenters. The molecule has 0 radical (unpaired) electrons. The maximum atomic E-state index is 15.1. The third-order valence-electron chi connectivity index (χ3n) is 7.26. The molecule has 1 N–H and O–H groups in total. The quantitative estimate of drug-likeness (QED) is 0.130. The normalized spacial score (nSPS) is 13.6. The van der Waals surface area contributed by atoms with E-state index in [4.69, 9.17) is 14.6 Å². The highest BCUT2D eigenvalue weighted by Gasteiger charge is 2.54. The fourth-order valence-electron chi connectivity index (χ4n) is 4.74. The van der Waals surface area contributed by atoms with Crippen LogP contribution in [0.1, 0.15) is 34.3 Å². The minimum Gasteiger partial charge on any atom is -0.453 e. The van der Waals surface area contributed by atoms with Gasteiger partial charge in [-0.25, -0.2) is 13.2 Å². The summed E-state index contributed by atoms with van der Waals surface area (Å²) in [6.45, 7) is -0.396. The van der Waals surface area contributed by atoms with E-state index in [0.29, 0.717) is 34.9 Å². The van der Waals surface area contributed by atoms with Crippen LogP contribution < -0.4 is 4.74 Å². The van der Waals surface area contributed by atoms with Crippen LogP contribution in [0.3, 0.4) is 0 Å². The number of aromatic nitrogens is 1. The van der Waals surface area contributed by atoms with Crippen molar-refractivity contribution in [1.82, 2.24) is 4.98 Å². The van der Waals surface area contributed by atoms with Crippen molar-refractivity contribution >= 4 is 28.3 Å². The number of rotatable bonds is 13. The lowest BCUT2D eigenvalue weighted by Crippen LogP contribution is -2.29. The Labute approximate surface area is 238 Å². The highest BCUT2D eigenvalue weighted by atomic mass is 19.1. The molecule has 1 fully saturated rings. The second-order valence-electron chi connectivity index (χ2n) is 10.1. The number of fused-ring (bicyclic) bond motifs is 1. The zero-order valence-electron chi connectivity index (χ0n) is 22.4. The van der Waals surface area contributed by atoms with Crippen molar-refractivity contribution in [3.63, 3.8) is 0 Å². The molecule has 0 unspecified atom stereocenters. The number of nitrogens with zero attached hydrogens (tertiary/aromatic N) is 1. The Balaban J connectivity index is 1.29. The van der Waals surface area contributed by atoms with Gasteiger partial charge in [0, 0.05) is 36.1 Å². The number of halogens is 3. The van der Waals surface area contributed by atoms with Gasteiger partial charge in [0.25, 0.3) is 0 Å². The van der Waals surface area contributed by atoms with Gasteiger partial charge >= 0.3 is 0 Å². The van der Waals surface area contributed by atoms with Crippen LogP contribution in [0, 0.1) is 22.9 Å². The predicted molar refractivity (Wildman–Crippen MR) is 146 cm³/mol. The Morgan fingerprint density at radius 1 is 0.857 bits per heavy atom. The first-order chi connectivity index (χ1) is 20.2. The van der Waals surface area contributed by atoms with E-state index < -0.39 is 40.8 Å². The molecule has 1 aromatic heterocycles. The lowest BCUT2D eigenvalue weighted by molar-refractivity contribution is -0.133. The monoisotopic (exact) mass is 577 g/mol. The van der Waals surface area contributed by atoms with Gasteiger partial charge in [0.05, 0.1) is 24.1 Å². The Bertz CT molecular complexity index is 1670. The average molecular weight is 578 g/mol. The molecule has 3 aromatic carbocycles. The lowest BCUT2D eigenvalue weighted by Gasteiger charge is -2.15. The summed E-state index contributed by atoms with van der Waals surface area (Å²) >= 11 is 0. The minimum atomic E-state index is -1.24. The van der Waals surface area contributed by atoms with Crippen molar-refractivity contribution < 1.29 is 42.1 Å². The van der Waals surface area contributed by atoms with Gasteiger partial charge in [-0.05, 0) is 60.4 Å². The summed E-state index contributed by atoms with van der Waals surface area (Å²) in [6, 6.07) is 13.2. The summed E-state index contributed by atoms with van der Waals surface area (Å²) in [4.78, 5) is 42.5. The molecule has 1 saturated carbocycles. The Morgan fingerprint density at radius 3 is 2.31 bits per heavy atom. The van der Waals surface area contributed by atoms with Crippen molar-refractivity contribution in [2.24, 2.45) is 5.41 Å². The van der Waals surface area contributed by atoms with E-state index in [1.807, 2.05) is 0 Å². The summed E-state index contributed by atoms with van der Waals surface area (Å²) in [5.41, 5.74) is -0.174. The van der Waals surface area contributed by atoms with Crippen molar-refractivity contribution in [2.45, 2.75) is 25.7 Å². The van der Waals surface area contributed by atoms with Gasteiger partial charge in [0.15, 0.2) is 28.9 Å². The molecule has 1 aliphatic rings. The number of hydrogen-bond donors (Lipinski definition) is 1. The number of ether oxygens (including phenoxy) is 2. The maximum absolute atomic E-state index is 15.1. The molecule has 7 nitrogen and oxygen atoms in total. The molecule has 4 aromatic rings. The van der Waals surface area contributed by atoms with Crippen molar-refractivity contribution in [3.8, 4) is 11.5 Å². The van der Waals surface area contributed by atoms with Crippen LogP contribution in [0.5, 0.6) is 11.5 Å². The summed E-state index contributed by atoms with van der Waals surface area (Å²) in [7, 11) is 0. The van der Waals surface area contributed by atoms with Crippen molar-refractivity contribution in [3.05, 3.63) is 101 Å². The number of carbonyl (C=O) groups excluding carboxylic acids is 3. The molecular formula is C32H26F3NO6. The molecule has 0 bridgehead atoms. The zero-order chi connectivity index (χ0) is 29.9. The van der Waals surface area contributed by atoms with Gasteiger partial charge in [0.2, 0.25) is 0 Å². The number of benzene rings is 3. The number of carbonyl (C=O) groups is 3. The van der Waals surface area contributed by atoms with E-state index in [1.54, 1.807) is 6.07 Å². The predicted octanol–water partition coefficient (Wildman–Crippen LogP) is 5.34. The third kappa shape index (κ3) is 6.24. The Morgan fingerprint density at radius 2 is 1.60 bits per heavy atom. The summed E-state index contributed by atoms with van der Waals surface area (Å²) < 4.78 is 54.1. The first kappa shape index (κ1) is 29.1. The smallest absolute Gasteiger partial charge is 0.188 e. The van der Waals surface area contributed by atoms with Crippen LogP contribution in [0.15, 0.2) is 66.9 Å². The number of hydrogen-bond acceptors (Lipinski definition) is 7. The molecule has 0 aliphatic heterocycles. The van der Waals surface area contributed by atoms with Gasteiger partial charge in [-0.3, -0.25) is 19.4 Å². The molecular weight excluding hydrogens is 551 g/mol. The summed E-state index contributed by atoms with van der Waals surface area (Å²) in [6.07, 6.45) is 1.54. The number of Topliss-reactive ketones (excluding diaryl/α,β-unsaturated/α-hetero) is 3. The van der Waals surface area contributed by atoms with E-state index >= 15 is 8.78 Å². The second-order valence-corrected chi connectivity index (χ2v) is 10.1. The molecule has 0 spiro atoms. The van der Waals surface area contributed by atoms with Gasteiger partial charge in [0.1, 0.15) is 24.0 Å². The SMILES string of the molecule is O=C(COCCO)c1ccc2c(Oc3cc(F)c(CC(=O)C4(C(=O)Cc5ccc(F)cc5)CC4)cc3F)ccnc2c1. The van der Waals surface area contributed by atoms with E-state index in [0.717, 1.165) is 12.1 Å². The fourth-order valence-corrected chi connectivity index (χ4v) is 4.74. The average Bonchev–Trinajstić information content (AvgIpc) is 3.79. The zero-order valence-corrected chi connectivity index (χ0v) is 22.4. The van der Waals surface area contributed by atoms with Gasteiger partial charge in [-0.1, -0.05) is 18.2 Å². The van der Waals surface area contributed by atoms with Gasteiger partial charge < -0.3 is 14.6 Å². The van der Waals surface area contributed by atoms with Crippen LogP contribution in [-0.2, 0) is 27.2 Å². The first-order valence-electron chi connectivity index (χ1n) is 13.3. The number of aliphatic hydroxyl groups is 1. The molecule has 0 saturated heterocycles. The van der Waals surface area contributed by atoms with Crippen LogP contribution in [0.2, 0.25) is 0 Å². The fraction of sp³-hybridized carbons (Fsp3) is 0.250. The van der Waals surface area contributed by atoms with E-state index in [1.165, 1.54) is 48.7 Å². The second kappa shape index (κ2) is 12.2. The Hall–Kier alpha value is -4.41. The molecule has 5 rings (SSSR count). The van der Waals surface area contributed by atoms with E-state index in [-0.39, 0.29) is 49.1 Å². The van der Waals surface area contributed by atoms with Crippen LogP contribution in [0.4, 0.5) is 13.2 Å².